The van der Waals surface area contributed by atoms with Gasteiger partial charge in [0.1, 0.15) is 29.1 Å². The van der Waals surface area contributed by atoms with Crippen LogP contribution in [0.1, 0.15) is 84.9 Å². The van der Waals surface area contributed by atoms with Crippen molar-refractivity contribution in [2.24, 2.45) is 14.1 Å². The van der Waals surface area contributed by atoms with Gasteiger partial charge in [0.15, 0.2) is 0 Å². The highest BCUT2D eigenvalue weighted by Crippen LogP contribution is 2.39. The van der Waals surface area contributed by atoms with E-state index in [4.69, 9.17) is 4.74 Å². The number of hydrogen-bond donors (Lipinski definition) is 1. The summed E-state index contributed by atoms with van der Waals surface area (Å²) in [6.45, 7) is 7.60. The maximum absolute atomic E-state index is 15.7. The third kappa shape index (κ3) is 8.69. The number of ether oxygens (including phenoxy) is 1. The SMILES string of the molecule is COc1ccc(CC(=O)N2CCc3cc(-c4cc(C(=O)N(c5ccc(O)cc5)c5cc(C#N)n(C)c5C)c(C)n4C)c(C(=O)N4Cc5ccccc5C[C@H]4CN4CCCCC4)cc3C2)c(F)c1. The number of anilines is 2. The van der Waals surface area contributed by atoms with E-state index in [1.54, 1.807) is 51.7 Å². The Hall–Kier alpha value is -7.17. The minimum absolute atomic E-state index is 0.0513. The molecule has 3 amide bonds. The maximum atomic E-state index is 15.7. The number of benzene rings is 4. The zero-order chi connectivity index (χ0) is 47.1. The standard InChI is InChI=1S/C54H56FN7O5/c1-34-46(54(66)62(41-14-16-44(63)17-15-41)50-27-42(30-56)57(3)35(50)2)29-51(58(34)4)47-24-37-19-22-60(52(64)26-38-13-18-45(67-5)28-49(38)55)31-40(37)25-48(47)53(65)61-32-39-12-8-7-11-36(39)23-43(61)33-59-20-9-6-10-21-59/h7-8,11-18,24-25,27-29,43,63H,6,9-10,19-23,26,31-33H2,1-5H3/t43-/m0/s1. The summed E-state index contributed by atoms with van der Waals surface area (Å²) in [5, 5.41) is 20.2. The van der Waals surface area contributed by atoms with Crippen molar-refractivity contribution in [3.8, 4) is 28.8 Å². The van der Waals surface area contributed by atoms with Crippen molar-refractivity contribution in [3.05, 3.63) is 153 Å². The Bertz CT molecular complexity index is 2940. The van der Waals surface area contributed by atoms with E-state index in [0.29, 0.717) is 76.1 Å². The van der Waals surface area contributed by atoms with E-state index in [0.717, 1.165) is 55.6 Å². The number of methoxy groups -OCH3 is 1. The minimum atomic E-state index is -0.502. The molecule has 0 saturated carbocycles. The first kappa shape index (κ1) is 45.0. The molecule has 12 nitrogen and oxygen atoms in total. The van der Waals surface area contributed by atoms with E-state index in [2.05, 4.69) is 35.2 Å². The molecule has 2 aromatic heterocycles. The number of likely N-dealkylation sites (tertiary alicyclic amines) is 1. The van der Waals surface area contributed by atoms with E-state index in [1.165, 1.54) is 37.3 Å². The van der Waals surface area contributed by atoms with Crippen molar-refractivity contribution in [1.29, 1.82) is 5.26 Å². The number of aromatic hydroxyl groups is 1. The highest BCUT2D eigenvalue weighted by molar-refractivity contribution is 6.13. The first-order valence-corrected chi connectivity index (χ1v) is 23.1. The van der Waals surface area contributed by atoms with Gasteiger partial charge in [0, 0.05) is 86.3 Å². The number of rotatable bonds is 10. The number of phenolic OH excluding ortho intramolecular Hbond substituents is 1. The molecule has 1 atom stereocenters. The van der Waals surface area contributed by atoms with Gasteiger partial charge >= 0.3 is 0 Å². The first-order valence-electron chi connectivity index (χ1n) is 23.1. The molecule has 13 heteroatoms. The molecule has 3 aliphatic heterocycles. The van der Waals surface area contributed by atoms with Gasteiger partial charge in [0.2, 0.25) is 5.91 Å². The summed E-state index contributed by atoms with van der Waals surface area (Å²) in [4.78, 5) is 52.5. The number of fused-ring (bicyclic) bond motifs is 2. The molecule has 1 N–H and O–H groups in total. The lowest BCUT2D eigenvalue weighted by molar-refractivity contribution is -0.131. The Morgan fingerprint density at radius 1 is 0.821 bits per heavy atom. The number of piperidine rings is 1. The molecule has 6 aromatic rings. The molecule has 9 rings (SSSR count). The molecular formula is C54H56FN7O5. The van der Waals surface area contributed by atoms with Crippen LogP contribution in [0.2, 0.25) is 0 Å². The van der Waals surface area contributed by atoms with Gasteiger partial charge in [-0.15, -0.1) is 0 Å². The van der Waals surface area contributed by atoms with E-state index >= 15 is 14.0 Å². The molecule has 0 unspecified atom stereocenters. The molecule has 344 valence electrons. The van der Waals surface area contributed by atoms with Gasteiger partial charge in [-0.25, -0.2) is 4.39 Å². The fraction of sp³-hybridized carbons (Fsp3) is 0.333. The van der Waals surface area contributed by atoms with Gasteiger partial charge in [0.05, 0.1) is 24.8 Å². The molecule has 1 fully saturated rings. The third-order valence-corrected chi connectivity index (χ3v) is 14.3. The molecular weight excluding hydrogens is 846 g/mol. The van der Waals surface area contributed by atoms with Crippen LogP contribution in [0.5, 0.6) is 11.5 Å². The van der Waals surface area contributed by atoms with Gasteiger partial charge in [0.25, 0.3) is 11.8 Å². The number of phenols is 1. The second-order valence-electron chi connectivity index (χ2n) is 18.2. The quantitative estimate of drug-likeness (QED) is 0.146. The Kier molecular flexibility index (Phi) is 12.5. The third-order valence-electron chi connectivity index (χ3n) is 14.3. The second kappa shape index (κ2) is 18.6. The normalized spacial score (nSPS) is 16.0. The van der Waals surface area contributed by atoms with Crippen molar-refractivity contribution in [2.45, 2.75) is 71.5 Å². The number of hydrogen-bond acceptors (Lipinski definition) is 7. The summed E-state index contributed by atoms with van der Waals surface area (Å²) in [5.74, 6) is -0.752. The van der Waals surface area contributed by atoms with Crippen molar-refractivity contribution in [2.75, 3.05) is 38.2 Å². The molecule has 0 bridgehead atoms. The van der Waals surface area contributed by atoms with Crippen molar-refractivity contribution < 1.29 is 28.6 Å². The summed E-state index contributed by atoms with van der Waals surface area (Å²) in [6.07, 6.45) is 4.60. The van der Waals surface area contributed by atoms with Crippen molar-refractivity contribution in [3.63, 3.8) is 0 Å². The molecule has 0 spiro atoms. The zero-order valence-corrected chi connectivity index (χ0v) is 38.8. The van der Waals surface area contributed by atoms with E-state index in [1.807, 2.05) is 48.6 Å². The number of carbonyl (C=O) groups is 3. The Balaban J connectivity index is 1.14. The molecule has 5 heterocycles. The van der Waals surface area contributed by atoms with Gasteiger partial charge in [-0.3, -0.25) is 19.3 Å². The predicted octanol–water partition coefficient (Wildman–Crippen LogP) is 8.53. The molecule has 67 heavy (non-hydrogen) atoms. The summed E-state index contributed by atoms with van der Waals surface area (Å²) in [6, 6.07) is 28.9. The zero-order valence-electron chi connectivity index (χ0n) is 38.8. The van der Waals surface area contributed by atoms with Crippen LogP contribution >= 0.6 is 0 Å². The molecule has 0 aliphatic carbocycles. The first-order chi connectivity index (χ1) is 32.3. The lowest BCUT2D eigenvalue weighted by atomic mass is 9.89. The van der Waals surface area contributed by atoms with Gasteiger partial charge < -0.3 is 33.7 Å². The Labute approximate surface area is 391 Å². The second-order valence-corrected chi connectivity index (χ2v) is 18.2. The van der Waals surface area contributed by atoms with E-state index in [-0.39, 0.29) is 48.0 Å². The van der Waals surface area contributed by atoms with E-state index in [9.17, 15) is 15.2 Å². The molecule has 4 aromatic carbocycles. The van der Waals surface area contributed by atoms with Gasteiger partial charge in [-0.1, -0.05) is 36.8 Å². The van der Waals surface area contributed by atoms with Gasteiger partial charge in [-0.05, 0) is 135 Å². The van der Waals surface area contributed by atoms with Crippen LogP contribution in [0.25, 0.3) is 11.3 Å². The average molecular weight is 902 g/mol. The van der Waals surface area contributed by atoms with Crippen LogP contribution in [0.15, 0.2) is 91.0 Å². The molecule has 3 aliphatic rings. The number of carbonyl (C=O) groups excluding carboxylic acids is 3. The number of aromatic nitrogens is 2. The Morgan fingerprint density at radius 3 is 2.27 bits per heavy atom. The van der Waals surface area contributed by atoms with Crippen LogP contribution in [-0.2, 0) is 51.2 Å². The topological polar surface area (TPSA) is 127 Å². The number of amides is 3. The van der Waals surface area contributed by atoms with Crippen LogP contribution < -0.4 is 9.64 Å². The fourth-order valence-corrected chi connectivity index (χ4v) is 10.1. The fourth-order valence-electron chi connectivity index (χ4n) is 10.1. The smallest absolute Gasteiger partial charge is 0.264 e. The monoisotopic (exact) mass is 901 g/mol. The minimum Gasteiger partial charge on any atom is -0.508 e. The van der Waals surface area contributed by atoms with E-state index < -0.39 is 5.82 Å². The number of nitriles is 1. The summed E-state index contributed by atoms with van der Waals surface area (Å²) >= 11 is 0. The van der Waals surface area contributed by atoms with Crippen molar-refractivity contribution in [1.82, 2.24) is 23.8 Å². The highest BCUT2D eigenvalue weighted by Gasteiger charge is 2.36. The summed E-state index contributed by atoms with van der Waals surface area (Å²) in [7, 11) is 5.15. The van der Waals surface area contributed by atoms with Crippen molar-refractivity contribution >= 4 is 29.1 Å². The van der Waals surface area contributed by atoms with Gasteiger partial charge in [-0.2, -0.15) is 5.26 Å². The number of halogens is 1. The largest absolute Gasteiger partial charge is 0.508 e. The molecule has 1 saturated heterocycles. The van der Waals surface area contributed by atoms with Crippen LogP contribution in [0, 0.1) is 31.0 Å². The predicted molar refractivity (Wildman–Crippen MR) is 255 cm³/mol. The lowest BCUT2D eigenvalue weighted by Crippen LogP contribution is -2.51. The number of nitrogens with zero attached hydrogens (tertiary/aromatic N) is 7. The molecule has 0 radical (unpaired) electrons. The highest BCUT2D eigenvalue weighted by atomic mass is 19.1. The average Bonchev–Trinajstić information content (AvgIpc) is 3.80. The van der Waals surface area contributed by atoms with Crippen LogP contribution in [-0.4, -0.2) is 86.0 Å². The van der Waals surface area contributed by atoms with Crippen LogP contribution in [0.4, 0.5) is 15.8 Å². The Morgan fingerprint density at radius 2 is 1.57 bits per heavy atom. The van der Waals surface area contributed by atoms with Crippen LogP contribution in [0.3, 0.4) is 0 Å². The maximum Gasteiger partial charge on any atom is 0.264 e. The summed E-state index contributed by atoms with van der Waals surface area (Å²) < 4.78 is 23.9. The summed E-state index contributed by atoms with van der Waals surface area (Å²) in [5.41, 5.74) is 9.53. The lowest BCUT2D eigenvalue weighted by Gasteiger charge is -2.41.